The molecule has 0 amide bonds. The first-order chi connectivity index (χ1) is 13.7. The zero-order valence-electron chi connectivity index (χ0n) is 16.4. The molecule has 1 aromatic heterocycles. The molecule has 0 saturated carbocycles. The molecule has 0 spiro atoms. The first-order valence-corrected chi connectivity index (χ1v) is 10.2. The predicted octanol–water partition coefficient (Wildman–Crippen LogP) is 1.64. The van der Waals surface area contributed by atoms with Crippen LogP contribution in [0.3, 0.4) is 0 Å². The molecule has 6 heteroatoms. The number of hydrogen-bond donors (Lipinski definition) is 2. The van der Waals surface area contributed by atoms with Crippen LogP contribution < -0.4 is 10.2 Å². The summed E-state index contributed by atoms with van der Waals surface area (Å²) >= 11 is 0. The van der Waals surface area contributed by atoms with Crippen LogP contribution in [0.5, 0.6) is 0 Å². The van der Waals surface area contributed by atoms with Crippen molar-refractivity contribution < 1.29 is 9.84 Å². The quantitative estimate of drug-likeness (QED) is 0.759. The van der Waals surface area contributed by atoms with Gasteiger partial charge in [0.2, 0.25) is 0 Å². The Morgan fingerprint density at radius 1 is 1.07 bits per heavy atom. The SMILES string of the molecule is OC1(CNCc2cccc(CN3CCOCC3)c2)CCN(c2ccccn2)C1. The van der Waals surface area contributed by atoms with E-state index in [1.807, 2.05) is 18.2 Å². The van der Waals surface area contributed by atoms with Gasteiger partial charge in [0.05, 0.1) is 18.8 Å². The summed E-state index contributed by atoms with van der Waals surface area (Å²) in [5, 5.41) is 14.4. The van der Waals surface area contributed by atoms with E-state index >= 15 is 0 Å². The van der Waals surface area contributed by atoms with E-state index in [1.165, 1.54) is 11.1 Å². The lowest BCUT2D eigenvalue weighted by Gasteiger charge is -2.26. The second-order valence-electron chi connectivity index (χ2n) is 7.90. The molecule has 2 N–H and O–H groups in total. The lowest BCUT2D eigenvalue weighted by molar-refractivity contribution is 0.0342. The molecule has 2 aliphatic rings. The number of aromatic nitrogens is 1. The van der Waals surface area contributed by atoms with Gasteiger partial charge in [-0.2, -0.15) is 0 Å². The van der Waals surface area contributed by atoms with Crippen molar-refractivity contribution in [1.29, 1.82) is 0 Å². The number of β-amino-alcohol motifs (C(OH)–C–C–N with tert-alkyl or cyclic N) is 1. The highest BCUT2D eigenvalue weighted by Gasteiger charge is 2.36. The monoisotopic (exact) mass is 382 g/mol. The first-order valence-electron chi connectivity index (χ1n) is 10.2. The molecular formula is C22H30N4O2. The van der Waals surface area contributed by atoms with Gasteiger partial charge in [-0.25, -0.2) is 4.98 Å². The maximum atomic E-state index is 10.9. The Balaban J connectivity index is 1.26. The Bertz CT molecular complexity index is 751. The average molecular weight is 383 g/mol. The van der Waals surface area contributed by atoms with Gasteiger partial charge in [0.25, 0.3) is 0 Å². The molecule has 2 aliphatic heterocycles. The van der Waals surface area contributed by atoms with Crippen molar-refractivity contribution in [2.45, 2.75) is 25.1 Å². The van der Waals surface area contributed by atoms with E-state index in [0.717, 1.165) is 58.2 Å². The Kier molecular flexibility index (Phi) is 6.22. The summed E-state index contributed by atoms with van der Waals surface area (Å²) in [6.45, 7) is 7.45. The number of anilines is 1. The van der Waals surface area contributed by atoms with Crippen LogP contribution in [0.25, 0.3) is 0 Å². The highest BCUT2D eigenvalue weighted by molar-refractivity contribution is 5.40. The van der Waals surface area contributed by atoms with E-state index in [1.54, 1.807) is 6.20 Å². The van der Waals surface area contributed by atoms with Crippen LogP contribution in [0.4, 0.5) is 5.82 Å². The Morgan fingerprint density at radius 3 is 2.75 bits per heavy atom. The largest absolute Gasteiger partial charge is 0.387 e. The van der Waals surface area contributed by atoms with Gasteiger partial charge in [0, 0.05) is 52.0 Å². The average Bonchev–Trinajstić information content (AvgIpc) is 3.12. The lowest BCUT2D eigenvalue weighted by atomic mass is 10.0. The number of benzene rings is 1. The topological polar surface area (TPSA) is 60.9 Å². The standard InChI is InChI=1S/C22H30N4O2/c27-22(7-9-26(18-22)21-6-1-2-8-24-21)17-23-15-19-4-3-5-20(14-19)16-25-10-12-28-13-11-25/h1-6,8,14,23,27H,7,9-13,15-18H2. The number of pyridine rings is 1. The van der Waals surface area contributed by atoms with E-state index in [0.29, 0.717) is 13.1 Å². The molecule has 1 aromatic carbocycles. The molecule has 150 valence electrons. The summed E-state index contributed by atoms with van der Waals surface area (Å²) in [5.74, 6) is 0.939. The Hall–Kier alpha value is -1.99. The molecule has 4 rings (SSSR count). The third-order valence-electron chi connectivity index (χ3n) is 5.59. The third-order valence-corrected chi connectivity index (χ3v) is 5.59. The van der Waals surface area contributed by atoms with Crippen molar-refractivity contribution in [3.63, 3.8) is 0 Å². The molecule has 2 saturated heterocycles. The second-order valence-corrected chi connectivity index (χ2v) is 7.90. The number of nitrogens with zero attached hydrogens (tertiary/aromatic N) is 3. The minimum absolute atomic E-state index is 0.587. The minimum atomic E-state index is -0.705. The molecule has 28 heavy (non-hydrogen) atoms. The van der Waals surface area contributed by atoms with Crippen molar-refractivity contribution in [1.82, 2.24) is 15.2 Å². The molecular weight excluding hydrogens is 352 g/mol. The van der Waals surface area contributed by atoms with E-state index in [9.17, 15) is 5.11 Å². The molecule has 0 aliphatic carbocycles. The van der Waals surface area contributed by atoms with Gasteiger partial charge in [-0.15, -0.1) is 0 Å². The summed E-state index contributed by atoms with van der Waals surface area (Å²) in [4.78, 5) is 8.99. The molecule has 1 atom stereocenters. The summed E-state index contributed by atoms with van der Waals surface area (Å²) < 4.78 is 5.43. The first kappa shape index (κ1) is 19.3. The summed E-state index contributed by atoms with van der Waals surface area (Å²) in [6, 6.07) is 14.6. The van der Waals surface area contributed by atoms with Crippen molar-refractivity contribution in [3.8, 4) is 0 Å². The van der Waals surface area contributed by atoms with Crippen LogP contribution in [0.2, 0.25) is 0 Å². The summed E-state index contributed by atoms with van der Waals surface area (Å²) in [6.07, 6.45) is 2.56. The second kappa shape index (κ2) is 9.01. The smallest absolute Gasteiger partial charge is 0.128 e. The minimum Gasteiger partial charge on any atom is -0.387 e. The van der Waals surface area contributed by atoms with Crippen molar-refractivity contribution in [2.24, 2.45) is 0 Å². The van der Waals surface area contributed by atoms with Crippen LogP contribution in [0.1, 0.15) is 17.5 Å². The van der Waals surface area contributed by atoms with Gasteiger partial charge >= 0.3 is 0 Å². The van der Waals surface area contributed by atoms with Gasteiger partial charge in [-0.05, 0) is 29.7 Å². The molecule has 3 heterocycles. The lowest BCUT2D eigenvalue weighted by Crippen LogP contribution is -2.43. The molecule has 0 radical (unpaired) electrons. The van der Waals surface area contributed by atoms with Gasteiger partial charge in [-0.1, -0.05) is 30.3 Å². The van der Waals surface area contributed by atoms with Crippen LogP contribution in [-0.2, 0) is 17.8 Å². The van der Waals surface area contributed by atoms with E-state index in [2.05, 4.69) is 44.4 Å². The summed E-state index contributed by atoms with van der Waals surface area (Å²) in [7, 11) is 0. The predicted molar refractivity (Wildman–Crippen MR) is 110 cm³/mol. The number of nitrogens with one attached hydrogen (secondary N) is 1. The maximum Gasteiger partial charge on any atom is 0.128 e. The van der Waals surface area contributed by atoms with Gasteiger partial charge in [0.15, 0.2) is 0 Å². The fourth-order valence-corrected chi connectivity index (χ4v) is 4.03. The normalized spacial score (nSPS) is 23.2. The van der Waals surface area contributed by atoms with Crippen LogP contribution in [0, 0.1) is 0 Å². The van der Waals surface area contributed by atoms with Crippen LogP contribution >= 0.6 is 0 Å². The van der Waals surface area contributed by atoms with Gasteiger partial charge < -0.3 is 20.1 Å². The number of hydrogen-bond acceptors (Lipinski definition) is 6. The fourth-order valence-electron chi connectivity index (χ4n) is 4.03. The number of ether oxygens (including phenoxy) is 1. The highest BCUT2D eigenvalue weighted by atomic mass is 16.5. The Labute approximate surface area is 167 Å². The molecule has 1 unspecified atom stereocenters. The van der Waals surface area contributed by atoms with Crippen molar-refractivity contribution >= 4 is 5.82 Å². The van der Waals surface area contributed by atoms with E-state index in [-0.39, 0.29) is 0 Å². The van der Waals surface area contributed by atoms with Crippen molar-refractivity contribution in [2.75, 3.05) is 50.8 Å². The van der Waals surface area contributed by atoms with Crippen LogP contribution in [0.15, 0.2) is 48.7 Å². The zero-order valence-corrected chi connectivity index (χ0v) is 16.4. The third kappa shape index (κ3) is 5.08. The fraction of sp³-hybridized carbons (Fsp3) is 0.500. The molecule has 2 aromatic rings. The van der Waals surface area contributed by atoms with E-state index in [4.69, 9.17) is 4.74 Å². The maximum absolute atomic E-state index is 10.9. The molecule has 0 bridgehead atoms. The van der Waals surface area contributed by atoms with Crippen LogP contribution in [-0.4, -0.2) is 66.5 Å². The van der Waals surface area contributed by atoms with E-state index < -0.39 is 5.60 Å². The Morgan fingerprint density at radius 2 is 1.93 bits per heavy atom. The van der Waals surface area contributed by atoms with Crippen molar-refractivity contribution in [3.05, 3.63) is 59.8 Å². The highest BCUT2D eigenvalue weighted by Crippen LogP contribution is 2.24. The molecule has 2 fully saturated rings. The molecule has 6 nitrogen and oxygen atoms in total. The van der Waals surface area contributed by atoms with Gasteiger partial charge in [0.1, 0.15) is 5.82 Å². The number of aliphatic hydroxyl groups is 1. The zero-order chi connectivity index (χ0) is 19.2. The summed E-state index contributed by atoms with van der Waals surface area (Å²) in [5.41, 5.74) is 1.89. The number of morpholine rings is 1. The van der Waals surface area contributed by atoms with Gasteiger partial charge in [-0.3, -0.25) is 4.90 Å². The number of rotatable bonds is 7.